The van der Waals surface area contributed by atoms with Crippen molar-refractivity contribution in [1.82, 2.24) is 9.47 Å². The Balaban J connectivity index is 2.03. The molecule has 3 aromatic rings. The van der Waals surface area contributed by atoms with E-state index in [0.29, 0.717) is 18.7 Å². The van der Waals surface area contributed by atoms with Gasteiger partial charge in [-0.1, -0.05) is 50.2 Å². The number of nitrogens with two attached hydrogens (primary N) is 1. The number of hydrogen-bond acceptors (Lipinski definition) is 3. The van der Waals surface area contributed by atoms with Crippen molar-refractivity contribution in [3.8, 4) is 5.75 Å². The topological polar surface area (TPSA) is 60.5 Å². The van der Waals surface area contributed by atoms with Crippen LogP contribution in [0.5, 0.6) is 5.75 Å². The molecule has 1 radical (unpaired) electrons. The van der Waals surface area contributed by atoms with Crippen LogP contribution in [-0.4, -0.2) is 41.6 Å². The van der Waals surface area contributed by atoms with Crippen molar-refractivity contribution >= 4 is 16.8 Å². The summed E-state index contributed by atoms with van der Waals surface area (Å²) in [7, 11) is 0. The van der Waals surface area contributed by atoms with Crippen molar-refractivity contribution in [3.05, 3.63) is 65.4 Å². The molecule has 147 valence electrons. The maximum Gasteiger partial charge on any atom is 0.250 e. The Morgan fingerprint density at radius 3 is 2.54 bits per heavy atom. The van der Waals surface area contributed by atoms with Gasteiger partial charge in [-0.05, 0) is 37.7 Å². The van der Waals surface area contributed by atoms with Crippen molar-refractivity contribution in [3.63, 3.8) is 0 Å². The summed E-state index contributed by atoms with van der Waals surface area (Å²) in [6, 6.07) is 17.0. The second-order valence-electron chi connectivity index (χ2n) is 6.84. The normalized spacial score (nSPS) is 11.3. The molecule has 5 nitrogen and oxygen atoms in total. The third-order valence-corrected chi connectivity index (χ3v) is 5.20. The fraction of sp³-hybridized carbons (Fsp3) is 0.348. The number of likely N-dealkylation sites (N-methyl/N-ethyl adjacent to an activating group) is 1. The van der Waals surface area contributed by atoms with Crippen LogP contribution < -0.4 is 10.5 Å². The lowest BCUT2D eigenvalue weighted by Gasteiger charge is -2.18. The molecule has 1 heterocycles. The van der Waals surface area contributed by atoms with Gasteiger partial charge in [0.15, 0.2) is 0 Å². The van der Waals surface area contributed by atoms with Gasteiger partial charge < -0.3 is 19.9 Å². The molecule has 0 spiro atoms. The van der Waals surface area contributed by atoms with E-state index in [-0.39, 0.29) is 0 Å². The fourth-order valence-corrected chi connectivity index (χ4v) is 3.58. The minimum Gasteiger partial charge on any atom is -0.490 e. The first-order valence-electron chi connectivity index (χ1n) is 9.79. The number of fused-ring (bicyclic) bond motifs is 1. The number of carbonyl (C=O) groups is 1. The van der Waals surface area contributed by atoms with E-state index in [2.05, 4.69) is 41.5 Å². The monoisotopic (exact) mass is 378 g/mol. The maximum absolute atomic E-state index is 12.0. The van der Waals surface area contributed by atoms with Gasteiger partial charge in [0.2, 0.25) is 5.91 Å². The molecule has 2 aromatic carbocycles. The zero-order chi connectivity index (χ0) is 20.1. The lowest BCUT2D eigenvalue weighted by molar-refractivity contribution is 0.100. The van der Waals surface area contributed by atoms with E-state index >= 15 is 0 Å². The SMILES string of the molecule is CCN(CC)CCOc1c(C)n(Cc2ccccc2)c2cc[c]c(C(N)=O)c12. The molecule has 0 saturated heterocycles. The molecule has 0 aliphatic rings. The second kappa shape index (κ2) is 8.93. The second-order valence-corrected chi connectivity index (χ2v) is 6.84. The molecule has 0 atom stereocenters. The molecule has 0 aliphatic heterocycles. The Kier molecular flexibility index (Phi) is 6.37. The molecule has 0 bridgehead atoms. The van der Waals surface area contributed by atoms with Crippen LogP contribution in [-0.2, 0) is 6.54 Å². The largest absolute Gasteiger partial charge is 0.490 e. The summed E-state index contributed by atoms with van der Waals surface area (Å²) in [5, 5.41) is 0.753. The number of hydrogen-bond donors (Lipinski definition) is 1. The van der Waals surface area contributed by atoms with E-state index in [1.54, 1.807) is 6.07 Å². The summed E-state index contributed by atoms with van der Waals surface area (Å²) in [5.74, 6) is 0.236. The highest BCUT2D eigenvalue weighted by molar-refractivity contribution is 6.08. The number of rotatable bonds is 9. The molecule has 2 N–H and O–H groups in total. The fourth-order valence-electron chi connectivity index (χ4n) is 3.58. The lowest BCUT2D eigenvalue weighted by Crippen LogP contribution is -2.28. The van der Waals surface area contributed by atoms with Crippen molar-refractivity contribution in [2.24, 2.45) is 5.73 Å². The van der Waals surface area contributed by atoms with Crippen LogP contribution in [0.4, 0.5) is 0 Å². The number of amides is 1. The van der Waals surface area contributed by atoms with Crippen LogP contribution in [0.1, 0.15) is 35.5 Å². The summed E-state index contributed by atoms with van der Waals surface area (Å²) < 4.78 is 8.38. The predicted molar refractivity (Wildman–Crippen MR) is 113 cm³/mol. The Hall–Kier alpha value is -2.79. The molecule has 5 heteroatoms. The average molecular weight is 378 g/mol. The molecule has 1 amide bonds. The van der Waals surface area contributed by atoms with Gasteiger partial charge >= 0.3 is 0 Å². The van der Waals surface area contributed by atoms with Crippen LogP contribution in [0.3, 0.4) is 0 Å². The highest BCUT2D eigenvalue weighted by Crippen LogP contribution is 2.35. The number of aromatic nitrogens is 1. The molecule has 0 fully saturated rings. The molecule has 0 saturated carbocycles. The van der Waals surface area contributed by atoms with Gasteiger partial charge in [0.05, 0.1) is 22.2 Å². The molecule has 1 aromatic heterocycles. The quantitative estimate of drug-likeness (QED) is 0.619. The van der Waals surface area contributed by atoms with Gasteiger partial charge in [-0.25, -0.2) is 0 Å². The van der Waals surface area contributed by atoms with Crippen LogP contribution in [0.25, 0.3) is 10.9 Å². The summed E-state index contributed by atoms with van der Waals surface area (Å²) in [5.41, 5.74) is 9.13. The maximum atomic E-state index is 12.0. The van der Waals surface area contributed by atoms with Crippen LogP contribution in [0.2, 0.25) is 0 Å². The number of nitrogens with zero attached hydrogens (tertiary/aromatic N) is 2. The van der Waals surface area contributed by atoms with Gasteiger partial charge in [-0.2, -0.15) is 0 Å². The summed E-state index contributed by atoms with van der Waals surface area (Å²) in [4.78, 5) is 14.3. The van der Waals surface area contributed by atoms with E-state index in [1.165, 1.54) is 5.56 Å². The summed E-state index contributed by atoms with van der Waals surface area (Å²) in [6.07, 6.45) is 0. The Bertz CT molecular complexity index is 943. The predicted octanol–water partition coefficient (Wildman–Crippen LogP) is 3.62. The first kappa shape index (κ1) is 20.0. The lowest BCUT2D eigenvalue weighted by atomic mass is 10.1. The molecule has 28 heavy (non-hydrogen) atoms. The van der Waals surface area contributed by atoms with Crippen molar-refractivity contribution in [1.29, 1.82) is 0 Å². The molecular formula is C23H28N3O2. The third-order valence-electron chi connectivity index (χ3n) is 5.20. The summed E-state index contributed by atoms with van der Waals surface area (Å²) in [6.45, 7) is 10.4. The zero-order valence-electron chi connectivity index (χ0n) is 16.9. The Morgan fingerprint density at radius 1 is 1.18 bits per heavy atom. The number of ether oxygens (including phenoxy) is 1. The van der Waals surface area contributed by atoms with Crippen molar-refractivity contribution in [2.75, 3.05) is 26.2 Å². The van der Waals surface area contributed by atoms with Crippen LogP contribution >= 0.6 is 0 Å². The van der Waals surface area contributed by atoms with Gasteiger partial charge in [0.1, 0.15) is 12.4 Å². The number of benzene rings is 2. The van der Waals surface area contributed by atoms with E-state index < -0.39 is 5.91 Å². The van der Waals surface area contributed by atoms with Gasteiger partial charge in [-0.15, -0.1) is 0 Å². The van der Waals surface area contributed by atoms with Crippen LogP contribution in [0.15, 0.2) is 42.5 Å². The Morgan fingerprint density at radius 2 is 1.89 bits per heavy atom. The first-order valence-corrected chi connectivity index (χ1v) is 9.79. The van der Waals surface area contributed by atoms with Crippen molar-refractivity contribution < 1.29 is 9.53 Å². The highest BCUT2D eigenvalue weighted by Gasteiger charge is 2.21. The van der Waals surface area contributed by atoms with E-state index in [1.807, 2.05) is 31.2 Å². The number of primary amides is 1. The molecular weight excluding hydrogens is 350 g/mol. The standard InChI is InChI=1S/C23H28N3O2/c1-4-25(5-2)14-15-28-22-17(3)26(16-18-10-7-6-8-11-18)20-13-9-12-19(21(20)22)23(24)27/h6-11,13H,4-5,14-16H2,1-3H3,(H2,24,27). The third kappa shape index (κ3) is 4.04. The molecule has 0 aliphatic carbocycles. The Labute approximate surface area is 166 Å². The minimum absolute atomic E-state index is 0.380. The molecule has 3 rings (SSSR count). The van der Waals surface area contributed by atoms with E-state index in [0.717, 1.165) is 42.0 Å². The number of carbonyl (C=O) groups excluding carboxylic acids is 1. The van der Waals surface area contributed by atoms with Crippen molar-refractivity contribution in [2.45, 2.75) is 27.3 Å². The molecule has 0 unspecified atom stereocenters. The average Bonchev–Trinajstić information content (AvgIpc) is 2.97. The smallest absolute Gasteiger partial charge is 0.250 e. The van der Waals surface area contributed by atoms with Crippen LogP contribution in [0, 0.1) is 13.0 Å². The van der Waals surface area contributed by atoms with E-state index in [4.69, 9.17) is 10.5 Å². The van der Waals surface area contributed by atoms with Gasteiger partial charge in [-0.3, -0.25) is 4.79 Å². The first-order chi connectivity index (χ1) is 13.6. The van der Waals surface area contributed by atoms with Gasteiger partial charge in [0, 0.05) is 13.1 Å². The van der Waals surface area contributed by atoms with Gasteiger partial charge in [0.25, 0.3) is 0 Å². The van der Waals surface area contributed by atoms with E-state index in [9.17, 15) is 4.79 Å². The zero-order valence-corrected chi connectivity index (χ0v) is 16.9. The minimum atomic E-state index is -0.490. The summed E-state index contributed by atoms with van der Waals surface area (Å²) >= 11 is 0. The highest BCUT2D eigenvalue weighted by atomic mass is 16.5.